The monoisotopic (exact) mass is 264 g/mol. The first-order valence-corrected chi connectivity index (χ1v) is 7.13. The number of halogens is 1. The third-order valence-corrected chi connectivity index (χ3v) is 4.02. The van der Waals surface area contributed by atoms with Crippen molar-refractivity contribution in [3.8, 4) is 0 Å². The van der Waals surface area contributed by atoms with Crippen LogP contribution < -0.4 is 0 Å². The van der Waals surface area contributed by atoms with Gasteiger partial charge in [-0.1, -0.05) is 55.1 Å². The van der Waals surface area contributed by atoms with Crippen molar-refractivity contribution < 1.29 is 5.11 Å². The minimum absolute atomic E-state index is 0.637. The predicted octanol–water partition coefficient (Wildman–Crippen LogP) is 4.68. The lowest BCUT2D eigenvalue weighted by atomic mass is 9.87. The molecule has 1 aromatic rings. The first kappa shape index (κ1) is 13.6. The van der Waals surface area contributed by atoms with Gasteiger partial charge in [-0.15, -0.1) is 0 Å². The molecule has 0 amide bonds. The van der Waals surface area contributed by atoms with Crippen LogP contribution in [0, 0.1) is 5.92 Å². The van der Waals surface area contributed by atoms with Gasteiger partial charge in [0.25, 0.3) is 0 Å². The van der Waals surface area contributed by atoms with Crippen LogP contribution >= 0.6 is 11.6 Å². The van der Waals surface area contributed by atoms with Gasteiger partial charge in [-0.2, -0.15) is 0 Å². The maximum Gasteiger partial charge on any atom is 0.105 e. The van der Waals surface area contributed by atoms with E-state index < -0.39 is 5.60 Å². The Balaban J connectivity index is 2.05. The van der Waals surface area contributed by atoms with Crippen molar-refractivity contribution in [3.63, 3.8) is 0 Å². The molecule has 1 aliphatic rings. The maximum absolute atomic E-state index is 10.5. The summed E-state index contributed by atoms with van der Waals surface area (Å²) in [4.78, 5) is 0. The molecule has 1 aromatic carbocycles. The van der Waals surface area contributed by atoms with Gasteiger partial charge >= 0.3 is 0 Å². The average molecular weight is 265 g/mol. The van der Waals surface area contributed by atoms with E-state index >= 15 is 0 Å². The second-order valence-electron chi connectivity index (χ2n) is 5.41. The summed E-state index contributed by atoms with van der Waals surface area (Å²) in [6, 6.07) is 7.40. The summed E-state index contributed by atoms with van der Waals surface area (Å²) in [5.74, 6) is 0.637. The van der Waals surface area contributed by atoms with E-state index in [0.29, 0.717) is 10.9 Å². The first-order chi connectivity index (χ1) is 8.58. The van der Waals surface area contributed by atoms with Crippen LogP contribution in [0.25, 0.3) is 0 Å². The minimum atomic E-state index is -0.901. The van der Waals surface area contributed by atoms with Crippen molar-refractivity contribution in [2.75, 3.05) is 0 Å². The SMILES string of the molecule is CC(O)(/C=C/C1CCCCC1)c1ccc(Cl)cc1. The number of benzene rings is 1. The highest BCUT2D eigenvalue weighted by atomic mass is 35.5. The standard InChI is InChI=1S/C16H21ClO/c1-16(18,14-7-9-15(17)10-8-14)12-11-13-5-3-2-4-6-13/h7-13,18H,2-6H2,1H3/b12-11+. The normalized spacial score (nSPS) is 21.1. The lowest BCUT2D eigenvalue weighted by Crippen LogP contribution is -2.18. The molecule has 0 spiro atoms. The molecule has 0 bridgehead atoms. The van der Waals surface area contributed by atoms with Gasteiger partial charge in [0, 0.05) is 5.02 Å². The molecule has 1 aliphatic carbocycles. The third kappa shape index (κ3) is 3.60. The van der Waals surface area contributed by atoms with Crippen LogP contribution in [0.2, 0.25) is 5.02 Å². The summed E-state index contributed by atoms with van der Waals surface area (Å²) in [5.41, 5.74) is -0.0128. The van der Waals surface area contributed by atoms with Crippen LogP contribution in [-0.4, -0.2) is 5.11 Å². The molecule has 1 N–H and O–H groups in total. The van der Waals surface area contributed by atoms with Gasteiger partial charge in [-0.05, 0) is 43.4 Å². The van der Waals surface area contributed by atoms with Crippen molar-refractivity contribution in [1.29, 1.82) is 0 Å². The summed E-state index contributed by atoms with van der Waals surface area (Å²) in [6.45, 7) is 1.83. The van der Waals surface area contributed by atoms with E-state index in [1.165, 1.54) is 32.1 Å². The summed E-state index contributed by atoms with van der Waals surface area (Å²) < 4.78 is 0. The number of rotatable bonds is 3. The zero-order valence-electron chi connectivity index (χ0n) is 10.9. The Hall–Kier alpha value is -0.790. The Kier molecular flexibility index (Phi) is 4.47. The van der Waals surface area contributed by atoms with Gasteiger partial charge in [0.05, 0.1) is 0 Å². The zero-order chi connectivity index (χ0) is 13.0. The van der Waals surface area contributed by atoms with Gasteiger partial charge < -0.3 is 5.11 Å². The van der Waals surface area contributed by atoms with E-state index in [1.807, 2.05) is 37.3 Å². The fraction of sp³-hybridized carbons (Fsp3) is 0.500. The second-order valence-corrected chi connectivity index (χ2v) is 5.85. The number of hydrogen-bond donors (Lipinski definition) is 1. The molecule has 98 valence electrons. The van der Waals surface area contributed by atoms with Gasteiger partial charge in [-0.25, -0.2) is 0 Å². The van der Waals surface area contributed by atoms with E-state index in [4.69, 9.17) is 11.6 Å². The van der Waals surface area contributed by atoms with Crippen LogP contribution in [0.5, 0.6) is 0 Å². The molecule has 0 radical (unpaired) electrons. The molecule has 0 aliphatic heterocycles. The van der Waals surface area contributed by atoms with Gasteiger partial charge in [-0.3, -0.25) is 0 Å². The molecule has 1 fully saturated rings. The van der Waals surface area contributed by atoms with Crippen LogP contribution in [-0.2, 0) is 5.60 Å². The van der Waals surface area contributed by atoms with E-state index in [1.54, 1.807) is 0 Å². The highest BCUT2D eigenvalue weighted by Crippen LogP contribution is 2.28. The molecule has 1 atom stereocenters. The highest BCUT2D eigenvalue weighted by Gasteiger charge is 2.20. The topological polar surface area (TPSA) is 20.2 Å². The van der Waals surface area contributed by atoms with Gasteiger partial charge in [0.15, 0.2) is 0 Å². The number of aliphatic hydroxyl groups is 1. The molecule has 0 aromatic heterocycles. The fourth-order valence-electron chi connectivity index (χ4n) is 2.53. The Morgan fingerprint density at radius 3 is 2.39 bits per heavy atom. The first-order valence-electron chi connectivity index (χ1n) is 6.76. The molecule has 1 unspecified atom stereocenters. The number of allylic oxidation sites excluding steroid dienone is 1. The van der Waals surface area contributed by atoms with Crippen molar-refractivity contribution in [2.45, 2.75) is 44.6 Å². The summed E-state index contributed by atoms with van der Waals surface area (Å²) >= 11 is 5.86. The summed E-state index contributed by atoms with van der Waals surface area (Å²) in [6.07, 6.45) is 10.6. The van der Waals surface area contributed by atoms with Crippen molar-refractivity contribution in [3.05, 3.63) is 47.0 Å². The number of hydrogen-bond acceptors (Lipinski definition) is 1. The fourth-order valence-corrected chi connectivity index (χ4v) is 2.66. The van der Waals surface area contributed by atoms with E-state index in [-0.39, 0.29) is 0 Å². The Morgan fingerprint density at radius 2 is 1.78 bits per heavy atom. The minimum Gasteiger partial charge on any atom is -0.381 e. The van der Waals surface area contributed by atoms with Crippen molar-refractivity contribution in [2.24, 2.45) is 5.92 Å². The molecular formula is C16H21ClO. The smallest absolute Gasteiger partial charge is 0.105 e. The molecule has 2 rings (SSSR count). The van der Waals surface area contributed by atoms with Crippen LogP contribution in [0.1, 0.15) is 44.6 Å². The molecule has 2 heteroatoms. The zero-order valence-corrected chi connectivity index (χ0v) is 11.7. The van der Waals surface area contributed by atoms with Crippen LogP contribution in [0.3, 0.4) is 0 Å². The van der Waals surface area contributed by atoms with E-state index in [2.05, 4.69) is 6.08 Å². The largest absolute Gasteiger partial charge is 0.381 e. The van der Waals surface area contributed by atoms with Crippen molar-refractivity contribution >= 4 is 11.6 Å². The van der Waals surface area contributed by atoms with Gasteiger partial charge in [0.1, 0.15) is 5.60 Å². The molecule has 0 heterocycles. The maximum atomic E-state index is 10.5. The molecule has 1 saturated carbocycles. The molecule has 1 nitrogen and oxygen atoms in total. The third-order valence-electron chi connectivity index (χ3n) is 3.77. The quantitative estimate of drug-likeness (QED) is 0.786. The Bertz CT molecular complexity index is 400. The lowest BCUT2D eigenvalue weighted by Gasteiger charge is -2.23. The predicted molar refractivity (Wildman–Crippen MR) is 76.7 cm³/mol. The highest BCUT2D eigenvalue weighted by molar-refractivity contribution is 6.30. The Labute approximate surface area is 114 Å². The molecule has 0 saturated heterocycles. The molecule has 18 heavy (non-hydrogen) atoms. The lowest BCUT2D eigenvalue weighted by molar-refractivity contribution is 0.110. The van der Waals surface area contributed by atoms with Crippen LogP contribution in [0.15, 0.2) is 36.4 Å². The van der Waals surface area contributed by atoms with E-state index in [9.17, 15) is 5.11 Å². The van der Waals surface area contributed by atoms with E-state index in [0.717, 1.165) is 5.56 Å². The second kappa shape index (κ2) is 5.90. The van der Waals surface area contributed by atoms with Crippen molar-refractivity contribution in [1.82, 2.24) is 0 Å². The molecular weight excluding hydrogens is 244 g/mol. The summed E-state index contributed by atoms with van der Waals surface area (Å²) in [7, 11) is 0. The summed E-state index contributed by atoms with van der Waals surface area (Å²) in [5, 5.41) is 11.2. The van der Waals surface area contributed by atoms with Crippen LogP contribution in [0.4, 0.5) is 0 Å². The Morgan fingerprint density at radius 1 is 1.17 bits per heavy atom. The average Bonchev–Trinajstić information content (AvgIpc) is 2.38. The van der Waals surface area contributed by atoms with Gasteiger partial charge in [0.2, 0.25) is 0 Å².